The highest BCUT2D eigenvalue weighted by molar-refractivity contribution is 7.89. The first-order valence-electron chi connectivity index (χ1n) is 11.1. The average molecular weight is 462 g/mol. The largest absolute Gasteiger partial charge is 0.345 e. The number of sulfonamides is 1. The first-order valence-corrected chi connectivity index (χ1v) is 12.5. The number of nitrogens with zero attached hydrogens (tertiary/aromatic N) is 2. The van der Waals surface area contributed by atoms with Crippen LogP contribution in [0.25, 0.3) is 11.1 Å². The molecule has 0 saturated carbocycles. The molecule has 3 aromatic rings. The van der Waals surface area contributed by atoms with Crippen LogP contribution in [0.5, 0.6) is 0 Å². The van der Waals surface area contributed by atoms with Crippen LogP contribution in [0.2, 0.25) is 0 Å². The Morgan fingerprint density at radius 1 is 0.848 bits per heavy atom. The van der Waals surface area contributed by atoms with Gasteiger partial charge in [-0.2, -0.15) is 4.31 Å². The Labute approximate surface area is 194 Å². The highest BCUT2D eigenvalue weighted by atomic mass is 32.2. The molecule has 3 aliphatic heterocycles. The second-order valence-corrected chi connectivity index (χ2v) is 10.9. The topological polar surface area (TPSA) is 69.7 Å². The van der Waals surface area contributed by atoms with Gasteiger partial charge in [0.05, 0.1) is 4.90 Å². The highest BCUT2D eigenvalue weighted by Gasteiger charge is 2.49. The van der Waals surface area contributed by atoms with E-state index >= 15 is 0 Å². The van der Waals surface area contributed by atoms with Crippen LogP contribution >= 0.6 is 0 Å². The normalized spacial score (nSPS) is 22.4. The van der Waals surface area contributed by atoms with E-state index in [9.17, 15) is 13.2 Å². The van der Waals surface area contributed by atoms with Crippen molar-refractivity contribution in [2.75, 3.05) is 27.2 Å². The third-order valence-electron chi connectivity index (χ3n) is 6.64. The van der Waals surface area contributed by atoms with E-state index in [1.54, 1.807) is 47.6 Å². The van der Waals surface area contributed by atoms with Gasteiger partial charge in [0.25, 0.3) is 5.91 Å². The van der Waals surface area contributed by atoms with Crippen LogP contribution in [0.4, 0.5) is 0 Å². The number of piperidine rings is 1. The summed E-state index contributed by atoms with van der Waals surface area (Å²) in [5.74, 6) is 0.297. The average Bonchev–Trinajstić information content (AvgIpc) is 2.84. The Bertz CT molecular complexity index is 1240. The summed E-state index contributed by atoms with van der Waals surface area (Å²) in [6.07, 6.45) is 0. The predicted molar refractivity (Wildman–Crippen MR) is 129 cm³/mol. The molecule has 1 unspecified atom stereocenters. The lowest BCUT2D eigenvalue weighted by Gasteiger charge is -2.54. The molecule has 3 atom stereocenters. The summed E-state index contributed by atoms with van der Waals surface area (Å²) < 4.78 is 27.6. The van der Waals surface area contributed by atoms with Gasteiger partial charge >= 0.3 is 0 Å². The van der Waals surface area contributed by atoms with Crippen LogP contribution in [0.15, 0.2) is 83.8 Å². The summed E-state index contributed by atoms with van der Waals surface area (Å²) in [6.45, 7) is 0.947. The van der Waals surface area contributed by atoms with Crippen molar-refractivity contribution in [2.24, 2.45) is 0 Å². The zero-order chi connectivity index (χ0) is 23.2. The molecule has 2 bridgehead atoms. The molecule has 6 rings (SSSR count). The van der Waals surface area contributed by atoms with Gasteiger partial charge in [0, 0.05) is 50.7 Å². The molecule has 3 saturated heterocycles. The van der Waals surface area contributed by atoms with E-state index < -0.39 is 10.0 Å². The van der Waals surface area contributed by atoms with E-state index in [0.717, 1.165) is 11.1 Å². The number of fused-ring (bicyclic) bond motifs is 2. The van der Waals surface area contributed by atoms with Crippen molar-refractivity contribution in [1.29, 1.82) is 0 Å². The minimum atomic E-state index is -3.46. The number of rotatable bonds is 5. The maximum absolute atomic E-state index is 13.0. The van der Waals surface area contributed by atoms with Crippen molar-refractivity contribution in [2.45, 2.75) is 22.9 Å². The van der Waals surface area contributed by atoms with Crippen LogP contribution in [0, 0.1) is 0 Å². The van der Waals surface area contributed by atoms with Gasteiger partial charge in [-0.3, -0.25) is 4.79 Å². The molecule has 3 aromatic carbocycles. The molecule has 0 aliphatic carbocycles. The van der Waals surface area contributed by atoms with Crippen molar-refractivity contribution in [3.05, 3.63) is 90.0 Å². The molecule has 0 spiro atoms. The van der Waals surface area contributed by atoms with Gasteiger partial charge in [0.2, 0.25) is 10.0 Å². The smallest absolute Gasteiger partial charge is 0.253 e. The summed E-state index contributed by atoms with van der Waals surface area (Å²) in [5.41, 5.74) is 4.05. The standard InChI is InChI=1S/C26H27N3O3S/c1-28(2)26(30)21-14-10-19(11-15-21)18-8-12-20(13-9-18)25-23-16-29(17-24(25)27-23)33(31,32)22-6-4-3-5-7-22/h3-15,23-25,27H,16-17H2,1-2H3/t23-,24+,25?. The van der Waals surface area contributed by atoms with Gasteiger partial charge in [0.1, 0.15) is 0 Å². The number of piperazine rings is 1. The van der Waals surface area contributed by atoms with Crippen molar-refractivity contribution in [1.82, 2.24) is 14.5 Å². The third-order valence-corrected chi connectivity index (χ3v) is 8.49. The van der Waals surface area contributed by atoms with Gasteiger partial charge in [-0.1, -0.05) is 54.6 Å². The molecule has 1 N–H and O–H groups in total. The van der Waals surface area contributed by atoms with E-state index in [1.165, 1.54) is 5.56 Å². The fourth-order valence-electron chi connectivity index (χ4n) is 4.85. The maximum atomic E-state index is 13.0. The molecule has 3 fully saturated rings. The molecule has 6 nitrogen and oxygen atoms in total. The van der Waals surface area contributed by atoms with Crippen molar-refractivity contribution in [3.63, 3.8) is 0 Å². The summed E-state index contributed by atoms with van der Waals surface area (Å²) in [6, 6.07) is 25.0. The van der Waals surface area contributed by atoms with Gasteiger partial charge < -0.3 is 10.2 Å². The lowest BCUT2D eigenvalue weighted by molar-refractivity contribution is 0.0827. The second-order valence-electron chi connectivity index (χ2n) is 8.94. The molecule has 3 heterocycles. The Hall–Kier alpha value is -3.00. The van der Waals surface area contributed by atoms with Gasteiger partial charge in [0.15, 0.2) is 0 Å². The van der Waals surface area contributed by atoms with E-state index in [2.05, 4.69) is 29.6 Å². The van der Waals surface area contributed by atoms with Gasteiger partial charge in [-0.15, -0.1) is 0 Å². The Balaban J connectivity index is 1.28. The van der Waals surface area contributed by atoms with Crippen LogP contribution in [-0.2, 0) is 10.0 Å². The number of nitrogens with one attached hydrogen (secondary N) is 1. The summed E-state index contributed by atoms with van der Waals surface area (Å²) in [5, 5.41) is 3.51. The number of amides is 1. The Morgan fingerprint density at radius 2 is 1.39 bits per heavy atom. The fraction of sp³-hybridized carbons (Fsp3) is 0.269. The molecule has 0 aromatic heterocycles. The summed E-state index contributed by atoms with van der Waals surface area (Å²) in [7, 11) is 0.0302. The monoisotopic (exact) mass is 461 g/mol. The molecule has 3 aliphatic rings. The molecule has 170 valence electrons. The highest BCUT2D eigenvalue weighted by Crippen LogP contribution is 2.39. The number of hydrogen-bond donors (Lipinski definition) is 1. The third kappa shape index (κ3) is 3.97. The van der Waals surface area contributed by atoms with Gasteiger partial charge in [-0.25, -0.2) is 8.42 Å². The lowest BCUT2D eigenvalue weighted by Crippen LogP contribution is -2.72. The summed E-state index contributed by atoms with van der Waals surface area (Å²) >= 11 is 0. The van der Waals surface area contributed by atoms with Crippen LogP contribution < -0.4 is 5.32 Å². The number of carbonyl (C=O) groups excluding carboxylic acids is 1. The summed E-state index contributed by atoms with van der Waals surface area (Å²) in [4.78, 5) is 14.0. The fourth-order valence-corrected chi connectivity index (χ4v) is 6.37. The maximum Gasteiger partial charge on any atom is 0.253 e. The molecule has 33 heavy (non-hydrogen) atoms. The van der Waals surface area contributed by atoms with Crippen LogP contribution in [0.1, 0.15) is 21.8 Å². The second kappa shape index (κ2) is 8.41. The predicted octanol–water partition coefficient (Wildman–Crippen LogP) is 3.18. The molecule has 0 radical (unpaired) electrons. The molecule has 7 heteroatoms. The van der Waals surface area contributed by atoms with Crippen LogP contribution in [0.3, 0.4) is 0 Å². The van der Waals surface area contributed by atoms with Crippen molar-refractivity contribution >= 4 is 15.9 Å². The molecular formula is C26H27N3O3S. The number of carbonyl (C=O) groups is 1. The molecule has 1 amide bonds. The number of benzene rings is 3. The SMILES string of the molecule is CN(C)C(=O)c1ccc(-c2ccc(C3[C@@H]4CN(S(=O)(=O)c5ccccc5)C[C@H]3N4)cc2)cc1. The zero-order valence-corrected chi connectivity index (χ0v) is 19.5. The number of hydrogen-bond acceptors (Lipinski definition) is 4. The minimum absolute atomic E-state index is 0.00996. The Morgan fingerprint density at radius 3 is 1.94 bits per heavy atom. The van der Waals surface area contributed by atoms with Crippen molar-refractivity contribution < 1.29 is 13.2 Å². The van der Waals surface area contributed by atoms with E-state index in [0.29, 0.717) is 29.5 Å². The van der Waals surface area contributed by atoms with E-state index in [4.69, 9.17) is 0 Å². The van der Waals surface area contributed by atoms with E-state index in [1.807, 2.05) is 30.3 Å². The quantitative estimate of drug-likeness (QED) is 0.634. The first kappa shape index (κ1) is 21.8. The zero-order valence-electron chi connectivity index (χ0n) is 18.7. The van der Waals surface area contributed by atoms with Crippen LogP contribution in [-0.4, -0.2) is 62.8 Å². The lowest BCUT2D eigenvalue weighted by atomic mass is 9.75. The van der Waals surface area contributed by atoms with E-state index in [-0.39, 0.29) is 18.0 Å². The minimum Gasteiger partial charge on any atom is -0.345 e. The van der Waals surface area contributed by atoms with Crippen molar-refractivity contribution in [3.8, 4) is 11.1 Å². The first-order chi connectivity index (χ1) is 15.8. The van der Waals surface area contributed by atoms with Gasteiger partial charge in [-0.05, 0) is 41.0 Å². The Kier molecular flexibility index (Phi) is 5.56. The molecular weight excluding hydrogens is 434 g/mol.